The number of benzene rings is 1. The average molecular weight is 338 g/mol. The van der Waals surface area contributed by atoms with E-state index >= 15 is 0 Å². The molecule has 4 rings (SSSR count). The van der Waals surface area contributed by atoms with Crippen molar-refractivity contribution in [3.05, 3.63) is 47.3 Å². The molecule has 132 valence electrons. The SMILES string of the molecule is CCN1CCN(C(=O)c2c(C3CC3)nn(-c3ccccc3)c2C)CC1. The topological polar surface area (TPSA) is 41.4 Å². The van der Waals surface area contributed by atoms with Gasteiger partial charge in [-0.2, -0.15) is 5.10 Å². The zero-order valence-electron chi connectivity index (χ0n) is 15.1. The second-order valence-corrected chi connectivity index (χ2v) is 7.09. The second kappa shape index (κ2) is 6.64. The molecular formula is C20H26N4O. The number of amides is 1. The van der Waals surface area contributed by atoms with Crippen LogP contribution in [0.1, 0.15) is 47.4 Å². The standard InChI is InChI=1S/C20H26N4O/c1-3-22-11-13-23(14-12-22)20(25)18-15(2)24(17-7-5-4-6-8-17)21-19(18)16-9-10-16/h4-8,16H,3,9-14H2,1-2H3. The molecule has 0 unspecified atom stereocenters. The van der Waals surface area contributed by atoms with Gasteiger partial charge in [-0.25, -0.2) is 4.68 Å². The van der Waals surface area contributed by atoms with E-state index in [-0.39, 0.29) is 5.91 Å². The van der Waals surface area contributed by atoms with Crippen LogP contribution in [0.2, 0.25) is 0 Å². The number of likely N-dealkylation sites (N-methyl/N-ethyl adjacent to an activating group) is 1. The Morgan fingerprint density at radius 3 is 2.40 bits per heavy atom. The molecule has 5 nitrogen and oxygen atoms in total. The van der Waals surface area contributed by atoms with Crippen molar-refractivity contribution in [2.75, 3.05) is 32.7 Å². The van der Waals surface area contributed by atoms with Crippen LogP contribution in [0.15, 0.2) is 30.3 Å². The second-order valence-electron chi connectivity index (χ2n) is 7.09. The molecule has 0 N–H and O–H groups in total. The molecule has 2 aromatic rings. The molecule has 1 saturated heterocycles. The molecule has 1 aromatic heterocycles. The maximum atomic E-state index is 13.3. The summed E-state index contributed by atoms with van der Waals surface area (Å²) in [6, 6.07) is 10.1. The first-order valence-corrected chi connectivity index (χ1v) is 9.35. The third-order valence-corrected chi connectivity index (χ3v) is 5.43. The van der Waals surface area contributed by atoms with E-state index in [1.807, 2.05) is 46.8 Å². The van der Waals surface area contributed by atoms with Crippen molar-refractivity contribution in [3.8, 4) is 5.69 Å². The molecule has 1 aliphatic heterocycles. The summed E-state index contributed by atoms with van der Waals surface area (Å²) in [7, 11) is 0. The normalized spacial score (nSPS) is 18.6. The van der Waals surface area contributed by atoms with Gasteiger partial charge in [0.05, 0.1) is 22.6 Å². The fourth-order valence-corrected chi connectivity index (χ4v) is 3.68. The van der Waals surface area contributed by atoms with Crippen LogP contribution in [0.25, 0.3) is 5.69 Å². The van der Waals surface area contributed by atoms with E-state index in [0.717, 1.165) is 68.2 Å². The van der Waals surface area contributed by atoms with Gasteiger partial charge in [-0.1, -0.05) is 25.1 Å². The molecular weight excluding hydrogens is 312 g/mol. The van der Waals surface area contributed by atoms with Crippen molar-refractivity contribution in [2.24, 2.45) is 0 Å². The van der Waals surface area contributed by atoms with Crippen LogP contribution in [0.5, 0.6) is 0 Å². The zero-order chi connectivity index (χ0) is 17.4. The summed E-state index contributed by atoms with van der Waals surface area (Å²) in [6.07, 6.45) is 2.30. The number of hydrogen-bond donors (Lipinski definition) is 0. The highest BCUT2D eigenvalue weighted by molar-refractivity contribution is 5.97. The third kappa shape index (κ3) is 3.09. The maximum Gasteiger partial charge on any atom is 0.257 e. The minimum absolute atomic E-state index is 0.164. The molecule has 2 heterocycles. The number of para-hydroxylation sites is 1. The minimum Gasteiger partial charge on any atom is -0.336 e. The lowest BCUT2D eigenvalue weighted by molar-refractivity contribution is 0.0641. The fourth-order valence-electron chi connectivity index (χ4n) is 3.68. The Morgan fingerprint density at radius 2 is 1.80 bits per heavy atom. The summed E-state index contributed by atoms with van der Waals surface area (Å²) in [5.74, 6) is 0.622. The van der Waals surface area contributed by atoms with Crippen molar-refractivity contribution >= 4 is 5.91 Å². The lowest BCUT2D eigenvalue weighted by Crippen LogP contribution is -2.48. The van der Waals surface area contributed by atoms with E-state index in [2.05, 4.69) is 11.8 Å². The number of nitrogens with zero attached hydrogens (tertiary/aromatic N) is 4. The van der Waals surface area contributed by atoms with Crippen molar-refractivity contribution in [3.63, 3.8) is 0 Å². The smallest absolute Gasteiger partial charge is 0.257 e. The lowest BCUT2D eigenvalue weighted by atomic mass is 10.1. The van der Waals surface area contributed by atoms with Gasteiger partial charge in [-0.3, -0.25) is 4.79 Å². The van der Waals surface area contributed by atoms with Crippen LogP contribution >= 0.6 is 0 Å². The summed E-state index contributed by atoms with van der Waals surface area (Å²) in [5.41, 5.74) is 3.84. The van der Waals surface area contributed by atoms with Gasteiger partial charge in [-0.15, -0.1) is 0 Å². The molecule has 1 amide bonds. The molecule has 0 bridgehead atoms. The summed E-state index contributed by atoms with van der Waals surface area (Å²) >= 11 is 0. The predicted molar refractivity (Wildman–Crippen MR) is 98.3 cm³/mol. The number of piperazine rings is 1. The van der Waals surface area contributed by atoms with Gasteiger partial charge in [0, 0.05) is 32.1 Å². The number of hydrogen-bond acceptors (Lipinski definition) is 3. The van der Waals surface area contributed by atoms with Crippen LogP contribution in [-0.2, 0) is 0 Å². The number of carbonyl (C=O) groups excluding carboxylic acids is 1. The van der Waals surface area contributed by atoms with Crippen LogP contribution in [0, 0.1) is 6.92 Å². The zero-order valence-corrected chi connectivity index (χ0v) is 15.1. The van der Waals surface area contributed by atoms with E-state index in [4.69, 9.17) is 5.10 Å². The molecule has 2 aliphatic rings. The highest BCUT2D eigenvalue weighted by atomic mass is 16.2. The highest BCUT2D eigenvalue weighted by Crippen LogP contribution is 2.42. The molecule has 1 aromatic carbocycles. The molecule has 1 saturated carbocycles. The first kappa shape index (κ1) is 16.3. The quantitative estimate of drug-likeness (QED) is 0.861. The van der Waals surface area contributed by atoms with E-state index in [1.165, 1.54) is 0 Å². The summed E-state index contributed by atoms with van der Waals surface area (Å²) in [4.78, 5) is 17.7. The molecule has 0 atom stereocenters. The first-order valence-electron chi connectivity index (χ1n) is 9.35. The van der Waals surface area contributed by atoms with Gasteiger partial charge in [-0.05, 0) is 38.4 Å². The van der Waals surface area contributed by atoms with Gasteiger partial charge >= 0.3 is 0 Å². The van der Waals surface area contributed by atoms with Crippen molar-refractivity contribution in [2.45, 2.75) is 32.6 Å². The molecule has 0 radical (unpaired) electrons. The summed E-state index contributed by atoms with van der Waals surface area (Å²) in [5, 5.41) is 4.85. The van der Waals surface area contributed by atoms with Crippen LogP contribution in [0.4, 0.5) is 0 Å². The van der Waals surface area contributed by atoms with Gasteiger partial charge in [0.15, 0.2) is 0 Å². The summed E-state index contributed by atoms with van der Waals surface area (Å²) in [6.45, 7) is 8.82. The van der Waals surface area contributed by atoms with Crippen molar-refractivity contribution < 1.29 is 4.79 Å². The number of rotatable bonds is 4. The Labute approximate surface area is 149 Å². The molecule has 25 heavy (non-hydrogen) atoms. The highest BCUT2D eigenvalue weighted by Gasteiger charge is 2.35. The Morgan fingerprint density at radius 1 is 1.12 bits per heavy atom. The Kier molecular flexibility index (Phi) is 4.34. The number of carbonyl (C=O) groups is 1. The Hall–Kier alpha value is -2.14. The van der Waals surface area contributed by atoms with Gasteiger partial charge in [0.1, 0.15) is 0 Å². The monoisotopic (exact) mass is 338 g/mol. The fraction of sp³-hybridized carbons (Fsp3) is 0.500. The first-order chi connectivity index (χ1) is 12.2. The van der Waals surface area contributed by atoms with Crippen LogP contribution in [0.3, 0.4) is 0 Å². The van der Waals surface area contributed by atoms with E-state index in [0.29, 0.717) is 5.92 Å². The Bertz CT molecular complexity index is 756. The van der Waals surface area contributed by atoms with Gasteiger partial charge < -0.3 is 9.80 Å². The van der Waals surface area contributed by atoms with Gasteiger partial charge in [0.2, 0.25) is 0 Å². The molecule has 2 fully saturated rings. The van der Waals surface area contributed by atoms with E-state index < -0.39 is 0 Å². The number of aromatic nitrogens is 2. The minimum atomic E-state index is 0.164. The molecule has 5 heteroatoms. The van der Waals surface area contributed by atoms with Crippen molar-refractivity contribution in [1.29, 1.82) is 0 Å². The maximum absolute atomic E-state index is 13.3. The predicted octanol–water partition coefficient (Wildman–Crippen LogP) is 2.84. The van der Waals surface area contributed by atoms with Crippen molar-refractivity contribution in [1.82, 2.24) is 19.6 Å². The van der Waals surface area contributed by atoms with Gasteiger partial charge in [0.25, 0.3) is 5.91 Å². The third-order valence-electron chi connectivity index (χ3n) is 5.43. The largest absolute Gasteiger partial charge is 0.336 e. The van der Waals surface area contributed by atoms with E-state index in [1.54, 1.807) is 0 Å². The molecule has 1 aliphatic carbocycles. The van der Waals surface area contributed by atoms with Crippen LogP contribution < -0.4 is 0 Å². The molecule has 0 spiro atoms. The lowest BCUT2D eigenvalue weighted by Gasteiger charge is -2.34. The van der Waals surface area contributed by atoms with Crippen LogP contribution in [-0.4, -0.2) is 58.2 Å². The Balaban J connectivity index is 1.67. The average Bonchev–Trinajstić information content (AvgIpc) is 3.45. The van der Waals surface area contributed by atoms with E-state index in [9.17, 15) is 4.79 Å². The summed E-state index contributed by atoms with van der Waals surface area (Å²) < 4.78 is 1.95.